The maximum absolute atomic E-state index is 13.0. The number of hydrogen-bond acceptors (Lipinski definition) is 4. The standard InChI is InChI=1S/C21H24N2O3/c1-15-6-4-5-7-19(15)16-8-10-17(11-9-16)20(25)23-13-18(22-26-3)12-21(23,2)14-24/h4-11,24H,12-14H2,1-3H3/b22-18+/t21-/m0/s1. The summed E-state index contributed by atoms with van der Waals surface area (Å²) in [5.74, 6) is -0.112. The second kappa shape index (κ2) is 7.30. The molecule has 3 rings (SSSR count). The molecule has 2 aromatic carbocycles. The molecule has 5 heteroatoms. The quantitative estimate of drug-likeness (QED) is 0.859. The summed E-state index contributed by atoms with van der Waals surface area (Å²) < 4.78 is 0. The lowest BCUT2D eigenvalue weighted by atomic mass is 9.97. The summed E-state index contributed by atoms with van der Waals surface area (Å²) >= 11 is 0. The van der Waals surface area contributed by atoms with Crippen molar-refractivity contribution in [1.29, 1.82) is 0 Å². The van der Waals surface area contributed by atoms with E-state index in [0.717, 1.165) is 16.8 Å². The Balaban J connectivity index is 1.86. The first kappa shape index (κ1) is 18.1. The van der Waals surface area contributed by atoms with E-state index in [9.17, 15) is 9.90 Å². The molecule has 0 aromatic heterocycles. The first-order valence-corrected chi connectivity index (χ1v) is 8.66. The van der Waals surface area contributed by atoms with Gasteiger partial charge < -0.3 is 14.8 Å². The van der Waals surface area contributed by atoms with Crippen LogP contribution >= 0.6 is 0 Å². The highest BCUT2D eigenvalue weighted by atomic mass is 16.6. The number of aliphatic hydroxyl groups is 1. The Morgan fingerprint density at radius 3 is 2.54 bits per heavy atom. The van der Waals surface area contributed by atoms with Crippen LogP contribution in [0.5, 0.6) is 0 Å². The second-order valence-electron chi connectivity index (χ2n) is 6.96. The van der Waals surface area contributed by atoms with Gasteiger partial charge in [0.2, 0.25) is 0 Å². The third-order valence-electron chi connectivity index (χ3n) is 4.97. The van der Waals surface area contributed by atoms with Crippen molar-refractivity contribution in [2.24, 2.45) is 5.16 Å². The number of hydrogen-bond donors (Lipinski definition) is 1. The Hall–Kier alpha value is -2.66. The van der Waals surface area contributed by atoms with Gasteiger partial charge in [-0.1, -0.05) is 41.6 Å². The van der Waals surface area contributed by atoms with Crippen molar-refractivity contribution in [1.82, 2.24) is 4.90 Å². The van der Waals surface area contributed by atoms with E-state index < -0.39 is 5.54 Å². The topological polar surface area (TPSA) is 62.1 Å². The third kappa shape index (κ3) is 3.35. The smallest absolute Gasteiger partial charge is 0.254 e. The van der Waals surface area contributed by atoms with E-state index in [1.807, 2.05) is 43.3 Å². The summed E-state index contributed by atoms with van der Waals surface area (Å²) in [6.45, 7) is 4.18. The molecular weight excluding hydrogens is 328 g/mol. The number of aliphatic hydroxyl groups excluding tert-OH is 1. The molecule has 26 heavy (non-hydrogen) atoms. The van der Waals surface area contributed by atoms with Crippen LogP contribution in [-0.2, 0) is 4.84 Å². The van der Waals surface area contributed by atoms with E-state index in [-0.39, 0.29) is 12.5 Å². The lowest BCUT2D eigenvalue weighted by molar-refractivity contribution is 0.0473. The molecule has 136 valence electrons. The molecule has 1 N–H and O–H groups in total. The molecule has 1 heterocycles. The first-order valence-electron chi connectivity index (χ1n) is 8.66. The average molecular weight is 352 g/mol. The number of nitrogens with zero attached hydrogens (tertiary/aromatic N) is 2. The van der Waals surface area contributed by atoms with Crippen molar-refractivity contribution in [2.45, 2.75) is 25.8 Å². The van der Waals surface area contributed by atoms with Gasteiger partial charge >= 0.3 is 0 Å². The predicted octanol–water partition coefficient (Wildman–Crippen LogP) is 3.26. The fourth-order valence-electron chi connectivity index (χ4n) is 3.46. The van der Waals surface area contributed by atoms with Crippen LogP contribution in [0.1, 0.15) is 29.3 Å². The van der Waals surface area contributed by atoms with E-state index >= 15 is 0 Å². The summed E-state index contributed by atoms with van der Waals surface area (Å²) in [6.07, 6.45) is 0.504. The number of rotatable bonds is 4. The van der Waals surface area contributed by atoms with Gasteiger partial charge in [0.05, 0.1) is 24.4 Å². The Morgan fingerprint density at radius 1 is 1.23 bits per heavy atom. The van der Waals surface area contributed by atoms with E-state index in [4.69, 9.17) is 4.84 Å². The van der Waals surface area contributed by atoms with Crippen LogP contribution in [0.4, 0.5) is 0 Å². The summed E-state index contributed by atoms with van der Waals surface area (Å²) in [6, 6.07) is 15.8. The number of oxime groups is 1. The highest BCUT2D eigenvalue weighted by molar-refractivity contribution is 6.01. The Bertz CT molecular complexity index is 829. The molecule has 1 saturated heterocycles. The number of benzene rings is 2. The predicted molar refractivity (Wildman–Crippen MR) is 102 cm³/mol. The molecule has 1 fully saturated rings. The van der Waals surface area contributed by atoms with Gasteiger partial charge in [0.15, 0.2) is 0 Å². The second-order valence-corrected chi connectivity index (χ2v) is 6.96. The number of likely N-dealkylation sites (tertiary alicyclic amines) is 1. The van der Waals surface area contributed by atoms with Crippen LogP contribution in [0.25, 0.3) is 11.1 Å². The molecule has 1 amide bonds. The minimum absolute atomic E-state index is 0.112. The van der Waals surface area contributed by atoms with Gasteiger partial charge in [0, 0.05) is 12.0 Å². The van der Waals surface area contributed by atoms with E-state index in [1.54, 1.807) is 4.90 Å². The zero-order chi connectivity index (χ0) is 18.7. The number of carbonyl (C=O) groups is 1. The van der Waals surface area contributed by atoms with Crippen molar-refractivity contribution in [3.05, 3.63) is 59.7 Å². The molecule has 0 spiro atoms. The van der Waals surface area contributed by atoms with Gasteiger partial charge in [-0.05, 0) is 42.7 Å². The van der Waals surface area contributed by atoms with Crippen LogP contribution in [0.2, 0.25) is 0 Å². The minimum Gasteiger partial charge on any atom is -0.399 e. The highest BCUT2D eigenvalue weighted by Crippen LogP contribution is 2.30. The lowest BCUT2D eigenvalue weighted by Gasteiger charge is -2.32. The molecule has 1 aliphatic rings. The largest absolute Gasteiger partial charge is 0.399 e. The van der Waals surface area contributed by atoms with Crippen LogP contribution in [0, 0.1) is 6.92 Å². The number of carbonyl (C=O) groups excluding carboxylic acids is 1. The maximum atomic E-state index is 13.0. The van der Waals surface area contributed by atoms with Crippen molar-refractivity contribution >= 4 is 11.6 Å². The average Bonchev–Trinajstić information content (AvgIpc) is 2.99. The molecule has 0 unspecified atom stereocenters. The highest BCUT2D eigenvalue weighted by Gasteiger charge is 2.43. The summed E-state index contributed by atoms with van der Waals surface area (Å²) in [7, 11) is 1.48. The molecule has 0 saturated carbocycles. The van der Waals surface area contributed by atoms with Crippen molar-refractivity contribution in [3.63, 3.8) is 0 Å². The maximum Gasteiger partial charge on any atom is 0.254 e. The van der Waals surface area contributed by atoms with Crippen LogP contribution < -0.4 is 0 Å². The zero-order valence-electron chi connectivity index (χ0n) is 15.4. The molecule has 0 bridgehead atoms. The van der Waals surface area contributed by atoms with Gasteiger partial charge in [-0.2, -0.15) is 0 Å². The Labute approximate surface area is 153 Å². The minimum atomic E-state index is -0.664. The number of amides is 1. The molecule has 2 aromatic rings. The van der Waals surface area contributed by atoms with Crippen molar-refractivity contribution in [3.8, 4) is 11.1 Å². The Morgan fingerprint density at radius 2 is 1.92 bits per heavy atom. The van der Waals surface area contributed by atoms with Gasteiger partial charge in [-0.25, -0.2) is 0 Å². The first-order chi connectivity index (χ1) is 12.5. The van der Waals surface area contributed by atoms with Gasteiger partial charge in [0.25, 0.3) is 5.91 Å². The van der Waals surface area contributed by atoms with Gasteiger partial charge in [-0.15, -0.1) is 0 Å². The fraction of sp³-hybridized carbons (Fsp3) is 0.333. The third-order valence-corrected chi connectivity index (χ3v) is 4.97. The lowest BCUT2D eigenvalue weighted by Crippen LogP contribution is -2.47. The van der Waals surface area contributed by atoms with Crippen molar-refractivity contribution < 1.29 is 14.7 Å². The molecular formula is C21H24N2O3. The van der Waals surface area contributed by atoms with Crippen LogP contribution in [-0.4, -0.2) is 47.4 Å². The summed E-state index contributed by atoms with van der Waals surface area (Å²) in [5.41, 5.74) is 4.12. The van der Waals surface area contributed by atoms with Crippen LogP contribution in [0.15, 0.2) is 53.7 Å². The van der Waals surface area contributed by atoms with E-state index in [1.165, 1.54) is 12.7 Å². The van der Waals surface area contributed by atoms with Gasteiger partial charge in [-0.3, -0.25) is 4.79 Å². The monoisotopic (exact) mass is 352 g/mol. The SMILES string of the molecule is CO/N=C1/CN(C(=O)c2ccc(-c3ccccc3C)cc2)[C@](C)(CO)C1. The normalized spacial score (nSPS) is 21.2. The Kier molecular flexibility index (Phi) is 5.09. The zero-order valence-corrected chi connectivity index (χ0v) is 15.4. The van der Waals surface area contributed by atoms with E-state index in [2.05, 4.69) is 24.2 Å². The fourth-order valence-corrected chi connectivity index (χ4v) is 3.46. The summed E-state index contributed by atoms with van der Waals surface area (Å²) in [4.78, 5) is 19.5. The molecule has 0 aliphatic carbocycles. The molecule has 0 radical (unpaired) electrons. The molecule has 5 nitrogen and oxygen atoms in total. The van der Waals surface area contributed by atoms with E-state index in [0.29, 0.717) is 18.5 Å². The molecule has 1 atom stereocenters. The van der Waals surface area contributed by atoms with Gasteiger partial charge in [0.1, 0.15) is 7.11 Å². The van der Waals surface area contributed by atoms with Crippen molar-refractivity contribution in [2.75, 3.05) is 20.3 Å². The number of aryl methyl sites for hydroxylation is 1. The molecule has 1 aliphatic heterocycles. The van der Waals surface area contributed by atoms with Crippen LogP contribution in [0.3, 0.4) is 0 Å². The summed E-state index contributed by atoms with van der Waals surface area (Å²) in [5, 5.41) is 13.8.